The molecule has 7 heteroatoms. The van der Waals surface area contributed by atoms with Gasteiger partial charge in [0.1, 0.15) is 0 Å². The van der Waals surface area contributed by atoms with Crippen molar-refractivity contribution < 1.29 is 22.2 Å². The van der Waals surface area contributed by atoms with Crippen LogP contribution in [-0.2, 0) is 29.3 Å². The average molecular weight is 330 g/mol. The third-order valence-corrected chi connectivity index (χ3v) is 3.66. The molecule has 0 aromatic carbocycles. The molecule has 21 heavy (non-hydrogen) atoms. The summed E-state index contributed by atoms with van der Waals surface area (Å²) in [5.74, 6) is -0.332. The van der Waals surface area contributed by atoms with Crippen LogP contribution in [0.1, 0.15) is 65.2 Å². The Labute approximate surface area is 152 Å². The molecule has 0 aliphatic carbocycles. The van der Waals surface area contributed by atoms with Gasteiger partial charge in [-0.15, -0.1) is 0 Å². The van der Waals surface area contributed by atoms with Crippen LogP contribution in [0, 0.1) is 0 Å². The average Bonchev–Trinajstić information content (AvgIpc) is 2.43. The Morgan fingerprint density at radius 2 is 1.67 bits per heavy atom. The molecule has 0 bridgehead atoms. The van der Waals surface area contributed by atoms with Crippen LogP contribution in [0.15, 0.2) is 0 Å². The van der Waals surface area contributed by atoms with Crippen LogP contribution in [0.5, 0.6) is 0 Å². The number of Topliss-reactive ketones (excluding diaryl/α,β-unsaturated/α-hetero) is 1. The van der Waals surface area contributed by atoms with Crippen molar-refractivity contribution in [2.45, 2.75) is 71.3 Å². The number of aldehydes is 1. The van der Waals surface area contributed by atoms with Crippen LogP contribution in [0.25, 0.3) is 0 Å². The van der Waals surface area contributed by atoms with Crippen molar-refractivity contribution in [3.63, 3.8) is 0 Å². The number of hydrogen-bond donors (Lipinski definition) is 0. The summed E-state index contributed by atoms with van der Waals surface area (Å²) >= 11 is -2.04. The van der Waals surface area contributed by atoms with E-state index in [-0.39, 0.29) is 48.4 Å². The molecule has 0 amide bonds. The number of carbonyl (C=O) groups is 2. The number of carbonyl (C=O) groups excluding carboxylic acids is 2. The summed E-state index contributed by atoms with van der Waals surface area (Å²) in [5, 5.41) is 0. The predicted molar refractivity (Wildman–Crippen MR) is 85.5 cm³/mol. The van der Waals surface area contributed by atoms with Gasteiger partial charge in [0.25, 0.3) is 0 Å². The van der Waals surface area contributed by atoms with Gasteiger partial charge in [-0.05, 0) is 13.3 Å². The molecule has 2 atom stereocenters. The van der Waals surface area contributed by atoms with Crippen molar-refractivity contribution >= 4 is 53.0 Å². The van der Waals surface area contributed by atoms with E-state index in [4.69, 9.17) is 4.18 Å². The molecule has 0 fully saturated rings. The zero-order chi connectivity index (χ0) is 15.2. The van der Waals surface area contributed by atoms with Crippen molar-refractivity contribution in [1.29, 1.82) is 0 Å². The third kappa shape index (κ3) is 13.8. The van der Waals surface area contributed by atoms with Crippen LogP contribution in [0.2, 0.25) is 0 Å². The van der Waals surface area contributed by atoms with Crippen LogP contribution in [0.4, 0.5) is 0 Å². The monoisotopic (exact) mass is 330 g/mol. The number of unbranched alkanes of at least 4 members (excludes halogenated alkanes) is 6. The number of ketones is 1. The molecule has 0 aromatic heterocycles. The Balaban J connectivity index is 0. The molecule has 0 radical (unpaired) electrons. The van der Waals surface area contributed by atoms with Gasteiger partial charge in [-0.3, -0.25) is 13.8 Å². The van der Waals surface area contributed by atoms with Gasteiger partial charge in [0.15, 0.2) is 18.2 Å². The second kappa shape index (κ2) is 16.8. The first kappa shape index (κ1) is 23.7. The van der Waals surface area contributed by atoms with Gasteiger partial charge in [0, 0.05) is 6.42 Å². The van der Waals surface area contributed by atoms with E-state index in [0.717, 1.165) is 19.3 Å². The normalized spacial score (nSPS) is 13.2. The summed E-state index contributed by atoms with van der Waals surface area (Å²) in [5.41, 5.74) is 0. The minimum absolute atomic E-state index is 0. The standard InChI is InChI=1S/C14H26O5S.Na.H/c1-3-5-6-7-8-9-10-11-13(16)14(12-15)19-20(17)18-4-2;;/h12,14H,3-11H2,1-2H3;;. The zero-order valence-electron chi connectivity index (χ0n) is 12.5. The molecule has 0 aliphatic heterocycles. The maximum absolute atomic E-state index is 11.7. The van der Waals surface area contributed by atoms with Crippen molar-refractivity contribution in [1.82, 2.24) is 0 Å². The molecule has 0 saturated heterocycles. The molecule has 0 N–H and O–H groups in total. The van der Waals surface area contributed by atoms with Crippen molar-refractivity contribution in [3.8, 4) is 0 Å². The van der Waals surface area contributed by atoms with Gasteiger partial charge < -0.3 is 0 Å². The Morgan fingerprint density at radius 3 is 2.19 bits per heavy atom. The fourth-order valence-electron chi connectivity index (χ4n) is 1.76. The SMILES string of the molecule is CCCCCCCCCC(=O)C(C=O)OS(=O)OCC.[NaH]. The van der Waals surface area contributed by atoms with Crippen LogP contribution in [-0.4, -0.2) is 58.5 Å². The van der Waals surface area contributed by atoms with Gasteiger partial charge in [-0.2, -0.15) is 4.21 Å². The van der Waals surface area contributed by atoms with E-state index in [1.54, 1.807) is 6.92 Å². The molecule has 0 rings (SSSR count). The molecule has 0 aromatic rings. The molecule has 0 aliphatic rings. The molecule has 0 saturated carbocycles. The summed E-state index contributed by atoms with van der Waals surface area (Å²) < 4.78 is 20.5. The van der Waals surface area contributed by atoms with Gasteiger partial charge in [0.2, 0.25) is 0 Å². The summed E-state index contributed by atoms with van der Waals surface area (Å²) in [6.07, 6.45) is 7.07. The van der Waals surface area contributed by atoms with Crippen LogP contribution in [0.3, 0.4) is 0 Å². The molecular formula is C14H27NaO5S. The van der Waals surface area contributed by atoms with Crippen molar-refractivity contribution in [2.75, 3.05) is 6.61 Å². The fraction of sp³-hybridized carbons (Fsp3) is 0.857. The number of rotatable bonds is 14. The van der Waals surface area contributed by atoms with Crippen LogP contribution < -0.4 is 0 Å². The predicted octanol–water partition coefficient (Wildman–Crippen LogP) is 2.25. The maximum atomic E-state index is 11.7. The second-order valence-electron chi connectivity index (χ2n) is 4.60. The van der Waals surface area contributed by atoms with Gasteiger partial charge in [-0.25, -0.2) is 4.18 Å². The molecular weight excluding hydrogens is 303 g/mol. The van der Waals surface area contributed by atoms with E-state index in [1.165, 1.54) is 25.7 Å². The van der Waals surface area contributed by atoms with Crippen molar-refractivity contribution in [2.24, 2.45) is 0 Å². The van der Waals surface area contributed by atoms with E-state index in [9.17, 15) is 13.8 Å². The third-order valence-electron chi connectivity index (χ3n) is 2.86. The molecule has 2 unspecified atom stereocenters. The molecule has 0 heterocycles. The second-order valence-corrected chi connectivity index (χ2v) is 5.44. The first-order chi connectivity index (χ1) is 9.65. The topological polar surface area (TPSA) is 69.7 Å². The molecule has 5 nitrogen and oxygen atoms in total. The Kier molecular flexibility index (Phi) is 18.9. The zero-order valence-corrected chi connectivity index (χ0v) is 13.3. The summed E-state index contributed by atoms with van der Waals surface area (Å²) in [7, 11) is 0. The molecule has 120 valence electrons. The van der Waals surface area contributed by atoms with E-state index < -0.39 is 17.5 Å². The molecule has 0 spiro atoms. The Morgan fingerprint density at radius 1 is 1.10 bits per heavy atom. The first-order valence-corrected chi connectivity index (χ1v) is 8.35. The summed E-state index contributed by atoms with van der Waals surface area (Å²) in [6, 6.07) is 0. The minimum atomic E-state index is -2.04. The fourth-order valence-corrected chi connectivity index (χ4v) is 2.33. The van der Waals surface area contributed by atoms with E-state index in [1.807, 2.05) is 0 Å². The van der Waals surface area contributed by atoms with Gasteiger partial charge in [-0.1, -0.05) is 45.4 Å². The first-order valence-electron chi connectivity index (χ1n) is 7.35. The van der Waals surface area contributed by atoms with Crippen molar-refractivity contribution in [3.05, 3.63) is 0 Å². The van der Waals surface area contributed by atoms with Gasteiger partial charge >= 0.3 is 40.9 Å². The summed E-state index contributed by atoms with van der Waals surface area (Å²) in [4.78, 5) is 22.5. The van der Waals surface area contributed by atoms with E-state index in [2.05, 4.69) is 11.1 Å². The number of hydrogen-bond acceptors (Lipinski definition) is 5. The van der Waals surface area contributed by atoms with Gasteiger partial charge in [0.05, 0.1) is 6.61 Å². The van der Waals surface area contributed by atoms with Crippen LogP contribution >= 0.6 is 0 Å². The van der Waals surface area contributed by atoms with E-state index in [0.29, 0.717) is 6.29 Å². The summed E-state index contributed by atoms with van der Waals surface area (Å²) in [6.45, 7) is 4.02. The Bertz CT molecular complexity index is 299. The quantitative estimate of drug-likeness (QED) is 0.211. The van der Waals surface area contributed by atoms with E-state index >= 15 is 0 Å². The Hall–Kier alpha value is 0.410.